The van der Waals surface area contributed by atoms with E-state index in [9.17, 15) is 0 Å². The summed E-state index contributed by atoms with van der Waals surface area (Å²) in [5.74, 6) is 0. The molecule has 2 aromatic carbocycles. The van der Waals surface area contributed by atoms with Crippen LogP contribution in [0, 0.1) is 27.7 Å². The van der Waals surface area contributed by atoms with Crippen LogP contribution >= 0.6 is 11.6 Å². The van der Waals surface area contributed by atoms with Crippen molar-refractivity contribution in [2.45, 2.75) is 40.7 Å². The first-order valence-corrected chi connectivity index (χ1v) is 7.89. The van der Waals surface area contributed by atoms with Crippen molar-refractivity contribution < 1.29 is 0 Å². The van der Waals surface area contributed by atoms with Crippen LogP contribution < -0.4 is 5.32 Å². The summed E-state index contributed by atoms with van der Waals surface area (Å²) in [6.45, 7) is 11.6. The van der Waals surface area contributed by atoms with Gasteiger partial charge >= 0.3 is 0 Å². The number of benzene rings is 2. The molecule has 0 aromatic heterocycles. The van der Waals surface area contributed by atoms with Crippen LogP contribution in [0.1, 0.15) is 46.3 Å². The first-order valence-electron chi connectivity index (χ1n) is 7.51. The number of aryl methyl sites for hydroxylation is 4. The van der Waals surface area contributed by atoms with E-state index in [1.165, 1.54) is 22.3 Å². The molecule has 1 unspecified atom stereocenters. The molecule has 0 bridgehead atoms. The van der Waals surface area contributed by atoms with E-state index in [2.05, 4.69) is 70.3 Å². The molecule has 1 atom stereocenters. The molecule has 0 fully saturated rings. The minimum Gasteiger partial charge on any atom is -0.306 e. The van der Waals surface area contributed by atoms with E-state index in [1.54, 1.807) is 0 Å². The zero-order chi connectivity index (χ0) is 15.6. The molecular weight excluding hydrogens is 278 g/mol. The van der Waals surface area contributed by atoms with Gasteiger partial charge in [-0.05, 0) is 62.1 Å². The Kier molecular flexibility index (Phi) is 5.08. The molecule has 1 nitrogen and oxygen atoms in total. The fourth-order valence-corrected chi connectivity index (χ4v) is 3.35. The second kappa shape index (κ2) is 6.64. The lowest BCUT2D eigenvalue weighted by Gasteiger charge is -2.25. The molecule has 0 aliphatic rings. The topological polar surface area (TPSA) is 12.0 Å². The van der Waals surface area contributed by atoms with Crippen LogP contribution in [0.5, 0.6) is 0 Å². The van der Waals surface area contributed by atoms with Crippen molar-refractivity contribution in [3.63, 3.8) is 0 Å². The molecule has 112 valence electrons. The average Bonchev–Trinajstić information content (AvgIpc) is 2.40. The molecule has 2 heteroatoms. The molecule has 0 amide bonds. The van der Waals surface area contributed by atoms with E-state index in [-0.39, 0.29) is 6.04 Å². The Morgan fingerprint density at radius 1 is 1.00 bits per heavy atom. The van der Waals surface area contributed by atoms with Crippen LogP contribution in [0.4, 0.5) is 0 Å². The lowest BCUT2D eigenvalue weighted by atomic mass is 9.89. The first-order chi connectivity index (χ1) is 9.95. The predicted molar refractivity (Wildman–Crippen MR) is 92.4 cm³/mol. The normalized spacial score (nSPS) is 12.5. The smallest absolute Gasteiger partial charge is 0.0596 e. The van der Waals surface area contributed by atoms with Crippen LogP contribution in [0.25, 0.3) is 0 Å². The van der Waals surface area contributed by atoms with Gasteiger partial charge in [0.1, 0.15) is 0 Å². The van der Waals surface area contributed by atoms with Crippen molar-refractivity contribution >= 4 is 11.6 Å². The van der Waals surface area contributed by atoms with Gasteiger partial charge in [-0.3, -0.25) is 0 Å². The monoisotopic (exact) mass is 301 g/mol. The number of hydrogen-bond donors (Lipinski definition) is 1. The summed E-state index contributed by atoms with van der Waals surface area (Å²) < 4.78 is 0. The highest BCUT2D eigenvalue weighted by Crippen LogP contribution is 2.34. The summed E-state index contributed by atoms with van der Waals surface area (Å²) in [6.07, 6.45) is 0. The summed E-state index contributed by atoms with van der Waals surface area (Å²) in [5, 5.41) is 4.46. The van der Waals surface area contributed by atoms with Crippen molar-refractivity contribution in [2.75, 3.05) is 6.54 Å². The van der Waals surface area contributed by atoms with E-state index in [0.717, 1.165) is 22.7 Å². The maximum Gasteiger partial charge on any atom is 0.0596 e. The van der Waals surface area contributed by atoms with Gasteiger partial charge in [0, 0.05) is 5.02 Å². The van der Waals surface area contributed by atoms with Crippen molar-refractivity contribution in [2.24, 2.45) is 0 Å². The number of halogens is 1. The van der Waals surface area contributed by atoms with Crippen LogP contribution in [0.2, 0.25) is 5.02 Å². The van der Waals surface area contributed by atoms with Gasteiger partial charge in [-0.15, -0.1) is 0 Å². The largest absolute Gasteiger partial charge is 0.306 e. The maximum atomic E-state index is 6.57. The third-order valence-electron chi connectivity index (χ3n) is 3.97. The molecule has 21 heavy (non-hydrogen) atoms. The highest BCUT2D eigenvalue weighted by atomic mass is 35.5. The van der Waals surface area contributed by atoms with Gasteiger partial charge in [0.25, 0.3) is 0 Å². The second-order valence-electron chi connectivity index (χ2n) is 5.78. The quantitative estimate of drug-likeness (QED) is 0.811. The molecule has 0 aliphatic carbocycles. The maximum absolute atomic E-state index is 6.57. The van der Waals surface area contributed by atoms with E-state index in [4.69, 9.17) is 11.6 Å². The average molecular weight is 302 g/mol. The fraction of sp³-hybridized carbons (Fsp3) is 0.368. The third kappa shape index (κ3) is 3.30. The summed E-state index contributed by atoms with van der Waals surface area (Å²) in [5.41, 5.74) is 7.56. The van der Waals surface area contributed by atoms with Gasteiger partial charge in [-0.1, -0.05) is 54.4 Å². The van der Waals surface area contributed by atoms with Gasteiger partial charge in [0.05, 0.1) is 6.04 Å². The minimum absolute atomic E-state index is 0.142. The highest BCUT2D eigenvalue weighted by molar-refractivity contribution is 6.32. The zero-order valence-electron chi connectivity index (χ0n) is 13.5. The van der Waals surface area contributed by atoms with E-state index < -0.39 is 0 Å². The van der Waals surface area contributed by atoms with Crippen molar-refractivity contribution in [1.29, 1.82) is 0 Å². The van der Waals surface area contributed by atoms with Crippen LogP contribution in [-0.2, 0) is 0 Å². The lowest BCUT2D eigenvalue weighted by Crippen LogP contribution is -2.24. The molecule has 0 aliphatic heterocycles. The van der Waals surface area contributed by atoms with E-state index >= 15 is 0 Å². The van der Waals surface area contributed by atoms with E-state index in [1.807, 2.05) is 0 Å². The summed E-state index contributed by atoms with van der Waals surface area (Å²) in [6, 6.07) is 10.9. The van der Waals surface area contributed by atoms with Crippen LogP contribution in [0.15, 0.2) is 30.3 Å². The minimum atomic E-state index is 0.142. The molecule has 0 heterocycles. The lowest BCUT2D eigenvalue weighted by molar-refractivity contribution is 0.624. The molecular formula is C19H24ClN. The van der Waals surface area contributed by atoms with Crippen molar-refractivity contribution in [3.8, 4) is 0 Å². The molecule has 0 radical (unpaired) electrons. The Hall–Kier alpha value is -1.31. The fourth-order valence-electron chi connectivity index (χ4n) is 3.11. The number of hydrogen-bond acceptors (Lipinski definition) is 1. The molecule has 2 aromatic rings. The number of rotatable bonds is 4. The van der Waals surface area contributed by atoms with Crippen molar-refractivity contribution in [3.05, 3.63) is 68.7 Å². The van der Waals surface area contributed by atoms with Crippen molar-refractivity contribution in [1.82, 2.24) is 5.32 Å². The Bertz CT molecular complexity index is 623. The van der Waals surface area contributed by atoms with Gasteiger partial charge in [0.15, 0.2) is 0 Å². The summed E-state index contributed by atoms with van der Waals surface area (Å²) in [7, 11) is 0. The predicted octanol–water partition coefficient (Wildman–Crippen LogP) is 5.27. The molecule has 0 spiro atoms. The Balaban J connectivity index is 2.62. The SMILES string of the molecule is CCNC(c1cccc(C)c1Cl)c1c(C)cc(C)cc1C. The van der Waals surface area contributed by atoms with Crippen LogP contribution in [-0.4, -0.2) is 6.54 Å². The van der Waals surface area contributed by atoms with Gasteiger partial charge in [-0.2, -0.15) is 0 Å². The first kappa shape index (κ1) is 16.1. The summed E-state index contributed by atoms with van der Waals surface area (Å²) >= 11 is 6.57. The Morgan fingerprint density at radius 3 is 2.19 bits per heavy atom. The number of nitrogens with one attached hydrogen (secondary N) is 1. The summed E-state index contributed by atoms with van der Waals surface area (Å²) in [4.78, 5) is 0. The Morgan fingerprint density at radius 2 is 1.62 bits per heavy atom. The standard InChI is InChI=1S/C19H24ClN/c1-6-21-19(16-9-7-8-13(3)18(16)20)17-14(4)10-12(2)11-15(17)5/h7-11,19,21H,6H2,1-5H3. The third-order valence-corrected chi connectivity index (χ3v) is 4.48. The van der Waals surface area contributed by atoms with Gasteiger partial charge in [-0.25, -0.2) is 0 Å². The van der Waals surface area contributed by atoms with Gasteiger partial charge in [0.2, 0.25) is 0 Å². The molecule has 1 N–H and O–H groups in total. The molecule has 0 saturated carbocycles. The van der Waals surface area contributed by atoms with E-state index in [0.29, 0.717) is 0 Å². The second-order valence-corrected chi connectivity index (χ2v) is 6.16. The van der Waals surface area contributed by atoms with Gasteiger partial charge < -0.3 is 5.32 Å². The molecule has 2 rings (SSSR count). The van der Waals surface area contributed by atoms with Crippen LogP contribution in [0.3, 0.4) is 0 Å². The Labute approximate surface area is 133 Å². The zero-order valence-corrected chi connectivity index (χ0v) is 14.3. The highest BCUT2D eigenvalue weighted by Gasteiger charge is 2.20. The molecule has 0 saturated heterocycles.